The Morgan fingerprint density at radius 1 is 1.27 bits per heavy atom. The highest BCUT2D eigenvalue weighted by Gasteiger charge is 2.52. The first-order chi connectivity index (χ1) is 15.7. The lowest BCUT2D eigenvalue weighted by Gasteiger charge is -2.53. The number of methoxy groups -OCH3 is 1. The second-order valence-corrected chi connectivity index (χ2v) is 10.1. The molecule has 0 unspecified atom stereocenters. The molecule has 1 N–H and O–H groups in total. The van der Waals surface area contributed by atoms with Crippen LogP contribution in [0.3, 0.4) is 0 Å². The van der Waals surface area contributed by atoms with Gasteiger partial charge < -0.3 is 24.2 Å². The van der Waals surface area contributed by atoms with Crippen LogP contribution in [0.25, 0.3) is 0 Å². The molecule has 2 aliphatic carbocycles. The van der Waals surface area contributed by atoms with Crippen molar-refractivity contribution in [1.29, 1.82) is 0 Å². The first-order valence-electron chi connectivity index (χ1n) is 12.2. The smallest absolute Gasteiger partial charge is 0.303 e. The molecular formula is C27H41NO5. The van der Waals surface area contributed by atoms with Gasteiger partial charge in [0.2, 0.25) is 0 Å². The lowest BCUT2D eigenvalue weighted by molar-refractivity contribution is -0.159. The van der Waals surface area contributed by atoms with Crippen molar-refractivity contribution in [2.45, 2.75) is 58.7 Å². The molecule has 0 amide bonds. The summed E-state index contributed by atoms with van der Waals surface area (Å²) in [7, 11) is 3.77. The van der Waals surface area contributed by atoms with E-state index in [1.54, 1.807) is 7.11 Å². The molecule has 0 radical (unpaired) electrons. The molecule has 1 aromatic rings. The minimum absolute atomic E-state index is 0.0845. The van der Waals surface area contributed by atoms with E-state index in [2.05, 4.69) is 31.9 Å². The molecule has 6 atom stereocenters. The van der Waals surface area contributed by atoms with Crippen LogP contribution in [0.5, 0.6) is 11.5 Å². The maximum Gasteiger partial charge on any atom is 0.303 e. The van der Waals surface area contributed by atoms with Crippen molar-refractivity contribution < 1.29 is 24.1 Å². The third-order valence-corrected chi connectivity index (χ3v) is 7.73. The van der Waals surface area contributed by atoms with Gasteiger partial charge in [0.1, 0.15) is 12.7 Å². The molecule has 0 saturated heterocycles. The van der Waals surface area contributed by atoms with Crippen LogP contribution in [0.4, 0.5) is 0 Å². The SMILES string of the molecule is COc1ccccc1OCCN(C)C[C@@H](C)[C@@H]1CC[C@@H](C)[C@]2(O)C[C@@H](OC(C)=O)C(C)=C[C@H]12. The third kappa shape index (κ3) is 5.90. The number of hydrogen-bond acceptors (Lipinski definition) is 6. The highest BCUT2D eigenvalue weighted by atomic mass is 16.5. The number of carbonyl (C=O) groups is 1. The molecule has 0 spiro atoms. The Hall–Kier alpha value is -2.05. The van der Waals surface area contributed by atoms with Gasteiger partial charge in [0.05, 0.1) is 12.7 Å². The zero-order valence-electron chi connectivity index (χ0n) is 21.0. The standard InChI is InChI=1S/C27H41NO5/c1-18-15-23-22(12-11-20(3)27(23,30)16-26(18)33-21(4)29)19(2)17-28(5)13-14-32-25-10-8-7-9-24(25)31-6/h7-10,15,19-20,22-23,26,30H,11-14,16-17H2,1-6H3/t19-,20-,22+,23-,26-,27-/m1/s1. The number of hydrogen-bond donors (Lipinski definition) is 1. The topological polar surface area (TPSA) is 68.2 Å². The van der Waals surface area contributed by atoms with E-state index in [9.17, 15) is 9.90 Å². The number of ether oxygens (including phenoxy) is 3. The molecular weight excluding hydrogens is 418 g/mol. The zero-order chi connectivity index (χ0) is 24.2. The molecule has 0 heterocycles. The molecule has 1 saturated carbocycles. The Morgan fingerprint density at radius 2 is 1.97 bits per heavy atom. The van der Waals surface area contributed by atoms with E-state index in [0.29, 0.717) is 24.9 Å². The van der Waals surface area contributed by atoms with Crippen molar-refractivity contribution >= 4 is 5.97 Å². The van der Waals surface area contributed by atoms with Gasteiger partial charge in [0.25, 0.3) is 0 Å². The van der Waals surface area contributed by atoms with E-state index < -0.39 is 5.60 Å². The van der Waals surface area contributed by atoms with Gasteiger partial charge in [0, 0.05) is 32.4 Å². The van der Waals surface area contributed by atoms with Crippen molar-refractivity contribution in [3.05, 3.63) is 35.9 Å². The molecule has 0 aliphatic heterocycles. The van der Waals surface area contributed by atoms with Gasteiger partial charge in [-0.05, 0) is 62.3 Å². The Labute approximate surface area is 198 Å². The van der Waals surface area contributed by atoms with Crippen LogP contribution >= 0.6 is 0 Å². The highest BCUT2D eigenvalue weighted by molar-refractivity contribution is 5.66. The summed E-state index contributed by atoms with van der Waals surface area (Å²) in [5.74, 6) is 2.28. The van der Waals surface area contributed by atoms with Gasteiger partial charge in [-0.15, -0.1) is 0 Å². The largest absolute Gasteiger partial charge is 0.493 e. The fourth-order valence-corrected chi connectivity index (χ4v) is 5.77. The van der Waals surface area contributed by atoms with Gasteiger partial charge in [0.15, 0.2) is 11.5 Å². The molecule has 2 aliphatic rings. The monoisotopic (exact) mass is 459 g/mol. The molecule has 33 heavy (non-hydrogen) atoms. The first kappa shape index (κ1) is 25.6. The van der Waals surface area contributed by atoms with E-state index in [1.807, 2.05) is 31.2 Å². The number of fused-ring (bicyclic) bond motifs is 1. The quantitative estimate of drug-likeness (QED) is 0.438. The first-order valence-corrected chi connectivity index (χ1v) is 12.2. The summed E-state index contributed by atoms with van der Waals surface area (Å²) in [4.78, 5) is 13.9. The van der Waals surface area contributed by atoms with Gasteiger partial charge in [-0.1, -0.05) is 32.1 Å². The maximum atomic E-state index is 11.7. The summed E-state index contributed by atoms with van der Waals surface area (Å²) in [6.07, 6.45) is 4.45. The fourth-order valence-electron chi connectivity index (χ4n) is 5.77. The van der Waals surface area contributed by atoms with Crippen molar-refractivity contribution in [3.8, 4) is 11.5 Å². The normalized spacial score (nSPS) is 30.2. The highest BCUT2D eigenvalue weighted by Crippen LogP contribution is 2.51. The molecule has 6 nitrogen and oxygen atoms in total. The van der Waals surface area contributed by atoms with Crippen LogP contribution in [0.1, 0.15) is 47.0 Å². The number of carbonyl (C=O) groups excluding carboxylic acids is 1. The number of esters is 1. The summed E-state index contributed by atoms with van der Waals surface area (Å²) in [6, 6.07) is 7.70. The summed E-state index contributed by atoms with van der Waals surface area (Å²) in [6.45, 7) is 10.2. The molecule has 0 aromatic heterocycles. The van der Waals surface area contributed by atoms with E-state index in [0.717, 1.165) is 43.0 Å². The minimum atomic E-state index is -0.831. The number of nitrogens with zero attached hydrogens (tertiary/aromatic N) is 1. The Balaban J connectivity index is 1.61. The fraction of sp³-hybridized carbons (Fsp3) is 0.667. The Bertz CT molecular complexity index is 840. The van der Waals surface area contributed by atoms with Crippen molar-refractivity contribution in [2.75, 3.05) is 33.9 Å². The maximum absolute atomic E-state index is 11.7. The number of aliphatic hydroxyl groups is 1. The number of benzene rings is 1. The van der Waals surface area contributed by atoms with Gasteiger partial charge >= 0.3 is 5.97 Å². The predicted molar refractivity (Wildman–Crippen MR) is 129 cm³/mol. The second kappa shape index (κ2) is 10.9. The predicted octanol–water partition coefficient (Wildman–Crippen LogP) is 4.32. The lowest BCUT2D eigenvalue weighted by atomic mass is 9.57. The number of para-hydroxylation sites is 2. The van der Waals surface area contributed by atoms with Crippen LogP contribution < -0.4 is 9.47 Å². The van der Waals surface area contributed by atoms with Crippen LogP contribution in [0.15, 0.2) is 35.9 Å². The summed E-state index contributed by atoms with van der Waals surface area (Å²) in [5, 5.41) is 11.7. The molecule has 6 heteroatoms. The molecule has 1 aromatic carbocycles. The zero-order valence-corrected chi connectivity index (χ0v) is 21.0. The Kier molecular flexibility index (Phi) is 8.46. The molecule has 0 bridgehead atoms. The second-order valence-electron chi connectivity index (χ2n) is 10.1. The van der Waals surface area contributed by atoms with E-state index >= 15 is 0 Å². The minimum Gasteiger partial charge on any atom is -0.493 e. The van der Waals surface area contributed by atoms with Crippen molar-refractivity contribution in [1.82, 2.24) is 4.90 Å². The summed E-state index contributed by atoms with van der Waals surface area (Å²) < 4.78 is 16.8. The van der Waals surface area contributed by atoms with E-state index in [1.165, 1.54) is 6.92 Å². The van der Waals surface area contributed by atoms with Crippen LogP contribution in [0.2, 0.25) is 0 Å². The molecule has 1 fully saturated rings. The van der Waals surface area contributed by atoms with Gasteiger partial charge in [-0.3, -0.25) is 4.79 Å². The van der Waals surface area contributed by atoms with Gasteiger partial charge in [-0.2, -0.15) is 0 Å². The average Bonchev–Trinajstić information content (AvgIpc) is 2.76. The van der Waals surface area contributed by atoms with Gasteiger partial charge in [-0.25, -0.2) is 0 Å². The van der Waals surface area contributed by atoms with E-state index in [4.69, 9.17) is 14.2 Å². The Morgan fingerprint density at radius 3 is 2.64 bits per heavy atom. The van der Waals surface area contributed by atoms with Crippen LogP contribution in [-0.4, -0.2) is 61.5 Å². The van der Waals surface area contributed by atoms with Crippen molar-refractivity contribution in [2.24, 2.45) is 23.7 Å². The summed E-state index contributed by atoms with van der Waals surface area (Å²) >= 11 is 0. The van der Waals surface area contributed by atoms with E-state index in [-0.39, 0.29) is 23.9 Å². The summed E-state index contributed by atoms with van der Waals surface area (Å²) in [5.41, 5.74) is 0.229. The average molecular weight is 460 g/mol. The molecule has 184 valence electrons. The molecule has 3 rings (SSSR count). The lowest BCUT2D eigenvalue weighted by Crippen LogP contribution is -2.56. The number of likely N-dealkylation sites (N-methyl/N-ethyl adjacent to an activating group) is 1. The number of rotatable bonds is 9. The third-order valence-electron chi connectivity index (χ3n) is 7.73. The van der Waals surface area contributed by atoms with Crippen LogP contribution in [-0.2, 0) is 9.53 Å². The van der Waals surface area contributed by atoms with Crippen molar-refractivity contribution in [3.63, 3.8) is 0 Å². The van der Waals surface area contributed by atoms with Crippen LogP contribution in [0, 0.1) is 23.7 Å².